The van der Waals surface area contributed by atoms with Gasteiger partial charge in [-0.15, -0.1) is 0 Å². The highest BCUT2D eigenvalue weighted by Gasteiger charge is 2.64. The second kappa shape index (κ2) is 6.34. The Balaban J connectivity index is 2.21. The number of hydrogen-bond donors (Lipinski definition) is 1. The molecule has 21 heavy (non-hydrogen) atoms. The van der Waals surface area contributed by atoms with Gasteiger partial charge in [0.05, 0.1) is 30.7 Å². The number of carbonyl (C=O) groups is 2. The molecule has 2 rings (SSSR count). The Bertz CT molecular complexity index is 407. The van der Waals surface area contributed by atoms with Crippen LogP contribution in [0.15, 0.2) is 0 Å². The van der Waals surface area contributed by atoms with Crippen molar-refractivity contribution >= 4 is 11.9 Å². The first kappa shape index (κ1) is 16.3. The van der Waals surface area contributed by atoms with Crippen molar-refractivity contribution in [2.75, 3.05) is 13.2 Å². The van der Waals surface area contributed by atoms with E-state index in [2.05, 4.69) is 0 Å². The van der Waals surface area contributed by atoms with Crippen molar-refractivity contribution in [1.29, 1.82) is 0 Å². The zero-order chi connectivity index (χ0) is 15.5. The SMILES string of the molecule is CCOC(=O)C[C@@H]1CC[C@]2(C(=O)OCC)CCCC[C@]12O. The van der Waals surface area contributed by atoms with E-state index < -0.39 is 11.0 Å². The highest BCUT2D eigenvalue weighted by atomic mass is 16.5. The number of hydrogen-bond acceptors (Lipinski definition) is 5. The maximum Gasteiger partial charge on any atom is 0.315 e. The van der Waals surface area contributed by atoms with E-state index in [0.717, 1.165) is 12.8 Å². The molecule has 0 spiro atoms. The summed E-state index contributed by atoms with van der Waals surface area (Å²) in [4.78, 5) is 24.2. The van der Waals surface area contributed by atoms with Crippen LogP contribution in [0.5, 0.6) is 0 Å². The van der Waals surface area contributed by atoms with Crippen LogP contribution in [0.3, 0.4) is 0 Å². The van der Waals surface area contributed by atoms with Crippen LogP contribution in [0.4, 0.5) is 0 Å². The van der Waals surface area contributed by atoms with Crippen molar-refractivity contribution in [3.63, 3.8) is 0 Å². The van der Waals surface area contributed by atoms with E-state index in [1.807, 2.05) is 0 Å². The summed E-state index contributed by atoms with van der Waals surface area (Å²) in [5.74, 6) is -0.791. The van der Waals surface area contributed by atoms with Gasteiger partial charge < -0.3 is 14.6 Å². The molecule has 5 heteroatoms. The first-order valence-corrected chi connectivity index (χ1v) is 8.05. The minimum Gasteiger partial charge on any atom is -0.466 e. The summed E-state index contributed by atoms with van der Waals surface area (Å²) in [6.07, 6.45) is 4.49. The normalized spacial score (nSPS) is 35.1. The summed E-state index contributed by atoms with van der Waals surface area (Å²) in [6.45, 7) is 4.21. The first-order valence-electron chi connectivity index (χ1n) is 8.05. The molecule has 0 unspecified atom stereocenters. The van der Waals surface area contributed by atoms with Crippen LogP contribution in [-0.4, -0.2) is 35.9 Å². The molecular weight excluding hydrogens is 272 g/mol. The average molecular weight is 298 g/mol. The Kier molecular flexibility index (Phi) is 4.91. The van der Waals surface area contributed by atoms with Crippen LogP contribution in [0.2, 0.25) is 0 Å². The van der Waals surface area contributed by atoms with Gasteiger partial charge >= 0.3 is 11.9 Å². The number of rotatable bonds is 5. The third-order valence-electron chi connectivity index (χ3n) is 5.22. The van der Waals surface area contributed by atoms with E-state index in [1.165, 1.54) is 0 Å². The van der Waals surface area contributed by atoms with Gasteiger partial charge in [-0.25, -0.2) is 0 Å². The quantitative estimate of drug-likeness (QED) is 0.788. The number of ether oxygens (including phenoxy) is 2. The molecule has 0 aromatic carbocycles. The summed E-state index contributed by atoms with van der Waals surface area (Å²) >= 11 is 0. The van der Waals surface area contributed by atoms with Gasteiger partial charge in [0.25, 0.3) is 0 Å². The van der Waals surface area contributed by atoms with E-state index in [4.69, 9.17) is 9.47 Å². The molecule has 0 saturated heterocycles. The standard InChI is InChI=1S/C16H26O5/c1-3-20-13(17)11-12-7-10-15(14(18)21-4-2)8-5-6-9-16(12,15)19/h12,19H,3-11H2,1-2H3/t12-,15-,16-/m0/s1. The molecule has 0 aromatic heterocycles. The highest BCUT2D eigenvalue weighted by Crippen LogP contribution is 2.59. The third-order valence-corrected chi connectivity index (χ3v) is 5.22. The maximum absolute atomic E-state index is 12.5. The summed E-state index contributed by atoms with van der Waals surface area (Å²) < 4.78 is 10.2. The highest BCUT2D eigenvalue weighted by molar-refractivity contribution is 5.80. The largest absolute Gasteiger partial charge is 0.466 e. The summed E-state index contributed by atoms with van der Waals surface area (Å²) in [5.41, 5.74) is -1.94. The molecule has 1 N–H and O–H groups in total. The van der Waals surface area contributed by atoms with E-state index in [0.29, 0.717) is 38.9 Å². The van der Waals surface area contributed by atoms with E-state index >= 15 is 0 Å². The molecule has 2 aliphatic rings. The molecule has 2 aliphatic carbocycles. The molecule has 2 fully saturated rings. The first-order chi connectivity index (χ1) is 10.00. The van der Waals surface area contributed by atoms with E-state index in [9.17, 15) is 14.7 Å². The molecule has 0 radical (unpaired) electrons. The molecule has 0 bridgehead atoms. The van der Waals surface area contributed by atoms with Crippen LogP contribution < -0.4 is 0 Å². The molecule has 5 nitrogen and oxygen atoms in total. The van der Waals surface area contributed by atoms with Crippen molar-refractivity contribution in [3.8, 4) is 0 Å². The molecule has 120 valence electrons. The number of aliphatic hydroxyl groups is 1. The molecule has 0 heterocycles. The predicted octanol–water partition coefficient (Wildman–Crippen LogP) is 2.20. The molecule has 0 aliphatic heterocycles. The fourth-order valence-electron chi connectivity index (χ4n) is 4.21. The minimum atomic E-state index is -1.12. The number of fused-ring (bicyclic) bond motifs is 1. The lowest BCUT2D eigenvalue weighted by atomic mass is 9.62. The smallest absolute Gasteiger partial charge is 0.315 e. The lowest BCUT2D eigenvalue weighted by molar-refractivity contribution is -0.185. The van der Waals surface area contributed by atoms with Gasteiger partial charge in [-0.2, -0.15) is 0 Å². The van der Waals surface area contributed by atoms with Gasteiger partial charge in [0.1, 0.15) is 0 Å². The Morgan fingerprint density at radius 1 is 1.10 bits per heavy atom. The zero-order valence-electron chi connectivity index (χ0n) is 13.0. The minimum absolute atomic E-state index is 0.186. The molecular formula is C16H26O5. The average Bonchev–Trinajstić information content (AvgIpc) is 2.74. The molecule has 3 atom stereocenters. The van der Waals surface area contributed by atoms with E-state index in [-0.39, 0.29) is 24.3 Å². The summed E-state index contributed by atoms with van der Waals surface area (Å²) in [6, 6.07) is 0. The number of esters is 2. The van der Waals surface area contributed by atoms with Gasteiger partial charge in [-0.3, -0.25) is 9.59 Å². The van der Waals surface area contributed by atoms with Crippen LogP contribution in [0.1, 0.15) is 58.8 Å². The summed E-state index contributed by atoms with van der Waals surface area (Å²) in [7, 11) is 0. The van der Waals surface area contributed by atoms with Crippen molar-refractivity contribution in [2.24, 2.45) is 11.3 Å². The fraction of sp³-hybridized carbons (Fsp3) is 0.875. The van der Waals surface area contributed by atoms with Crippen molar-refractivity contribution in [2.45, 2.75) is 64.4 Å². The Morgan fingerprint density at radius 3 is 2.43 bits per heavy atom. The Labute approximate surface area is 126 Å². The van der Waals surface area contributed by atoms with Gasteiger partial charge in [0, 0.05) is 0 Å². The van der Waals surface area contributed by atoms with Gasteiger partial charge in [-0.05, 0) is 45.4 Å². The van der Waals surface area contributed by atoms with Gasteiger partial charge in [0.2, 0.25) is 0 Å². The van der Waals surface area contributed by atoms with Crippen LogP contribution >= 0.6 is 0 Å². The number of carbonyl (C=O) groups excluding carboxylic acids is 2. The van der Waals surface area contributed by atoms with Crippen molar-refractivity contribution < 1.29 is 24.2 Å². The maximum atomic E-state index is 12.5. The fourth-order valence-corrected chi connectivity index (χ4v) is 4.21. The second-order valence-corrected chi connectivity index (χ2v) is 6.18. The topological polar surface area (TPSA) is 72.8 Å². The Morgan fingerprint density at radius 2 is 1.76 bits per heavy atom. The lowest BCUT2D eigenvalue weighted by Gasteiger charge is -2.46. The predicted molar refractivity (Wildman–Crippen MR) is 76.5 cm³/mol. The summed E-state index contributed by atoms with van der Waals surface area (Å²) in [5, 5.41) is 11.2. The molecule has 2 saturated carbocycles. The van der Waals surface area contributed by atoms with Crippen LogP contribution in [-0.2, 0) is 19.1 Å². The van der Waals surface area contributed by atoms with Gasteiger partial charge in [-0.1, -0.05) is 12.8 Å². The second-order valence-electron chi connectivity index (χ2n) is 6.18. The zero-order valence-corrected chi connectivity index (χ0v) is 13.0. The van der Waals surface area contributed by atoms with Gasteiger partial charge in [0.15, 0.2) is 0 Å². The molecule has 0 amide bonds. The van der Waals surface area contributed by atoms with E-state index in [1.54, 1.807) is 13.8 Å². The molecule has 0 aromatic rings. The third kappa shape index (κ3) is 2.68. The monoisotopic (exact) mass is 298 g/mol. The van der Waals surface area contributed by atoms with Crippen molar-refractivity contribution in [3.05, 3.63) is 0 Å². The lowest BCUT2D eigenvalue weighted by Crippen LogP contribution is -2.55. The van der Waals surface area contributed by atoms with Crippen LogP contribution in [0, 0.1) is 11.3 Å². The van der Waals surface area contributed by atoms with Crippen LogP contribution in [0.25, 0.3) is 0 Å². The van der Waals surface area contributed by atoms with Crippen molar-refractivity contribution in [1.82, 2.24) is 0 Å². The Hall–Kier alpha value is -1.10.